The Hall–Kier alpha value is -0.880. The SMILES string of the molecule is C=C(C(=O)OCC)S(=O)(=O)OC. The van der Waals surface area contributed by atoms with Gasteiger partial charge >= 0.3 is 16.1 Å². The first kappa shape index (κ1) is 11.1. The van der Waals surface area contributed by atoms with E-state index in [1.165, 1.54) is 0 Å². The highest BCUT2D eigenvalue weighted by atomic mass is 32.2. The van der Waals surface area contributed by atoms with Crippen molar-refractivity contribution in [1.82, 2.24) is 0 Å². The highest BCUT2D eigenvalue weighted by molar-refractivity contribution is 7.91. The average Bonchev–Trinajstić information content (AvgIpc) is 2.03. The molecule has 0 unspecified atom stereocenters. The largest absolute Gasteiger partial charge is 0.462 e. The molecule has 0 spiro atoms. The number of esters is 1. The van der Waals surface area contributed by atoms with Gasteiger partial charge in [0.2, 0.25) is 0 Å². The van der Waals surface area contributed by atoms with Crippen LogP contribution < -0.4 is 0 Å². The fourth-order valence-electron chi connectivity index (χ4n) is 0.414. The molecule has 6 heteroatoms. The molecule has 0 aromatic carbocycles. The summed E-state index contributed by atoms with van der Waals surface area (Å²) in [5.74, 6) is -0.987. The molecular formula is C6H10O5S. The van der Waals surface area contributed by atoms with E-state index in [0.717, 1.165) is 7.11 Å². The molecule has 0 fully saturated rings. The van der Waals surface area contributed by atoms with Crippen molar-refractivity contribution in [3.05, 3.63) is 11.5 Å². The van der Waals surface area contributed by atoms with E-state index in [9.17, 15) is 13.2 Å². The normalized spacial score (nSPS) is 10.8. The highest BCUT2D eigenvalue weighted by Crippen LogP contribution is 2.06. The average molecular weight is 194 g/mol. The minimum atomic E-state index is -3.99. The van der Waals surface area contributed by atoms with Gasteiger partial charge in [0, 0.05) is 0 Å². The molecule has 0 atom stereocenters. The van der Waals surface area contributed by atoms with Crippen LogP contribution in [0.25, 0.3) is 0 Å². The van der Waals surface area contributed by atoms with Crippen LogP contribution in [0.3, 0.4) is 0 Å². The lowest BCUT2D eigenvalue weighted by molar-refractivity contribution is -0.137. The van der Waals surface area contributed by atoms with Gasteiger partial charge in [-0.3, -0.25) is 4.18 Å². The van der Waals surface area contributed by atoms with Gasteiger partial charge in [-0.15, -0.1) is 0 Å². The lowest BCUT2D eigenvalue weighted by atomic mass is 10.6. The van der Waals surface area contributed by atoms with Crippen LogP contribution >= 0.6 is 0 Å². The summed E-state index contributed by atoms with van der Waals surface area (Å²) < 4.78 is 30.0. The van der Waals surface area contributed by atoms with Crippen molar-refractivity contribution in [3.8, 4) is 0 Å². The third-order valence-electron chi connectivity index (χ3n) is 1.02. The Morgan fingerprint density at radius 1 is 1.50 bits per heavy atom. The van der Waals surface area contributed by atoms with Crippen LogP contribution in [0.5, 0.6) is 0 Å². The Bertz CT molecular complexity index is 276. The zero-order valence-corrected chi connectivity index (χ0v) is 7.68. The maximum absolute atomic E-state index is 10.8. The third-order valence-corrected chi connectivity index (χ3v) is 2.23. The first-order chi connectivity index (χ1) is 5.45. The molecule has 12 heavy (non-hydrogen) atoms. The predicted octanol–water partition coefficient (Wildman–Crippen LogP) is 0.0394. The molecular weight excluding hydrogens is 184 g/mol. The molecule has 0 amide bonds. The van der Waals surface area contributed by atoms with Gasteiger partial charge in [0.1, 0.15) is 0 Å². The van der Waals surface area contributed by atoms with E-state index < -0.39 is 21.0 Å². The number of carbonyl (C=O) groups excluding carboxylic acids is 1. The molecule has 0 saturated carbocycles. The summed E-state index contributed by atoms with van der Waals surface area (Å²) in [6.45, 7) is 4.68. The summed E-state index contributed by atoms with van der Waals surface area (Å²) >= 11 is 0. The van der Waals surface area contributed by atoms with E-state index in [-0.39, 0.29) is 6.61 Å². The third kappa shape index (κ3) is 2.63. The maximum Gasteiger partial charge on any atom is 0.351 e. The van der Waals surface area contributed by atoms with Crippen molar-refractivity contribution in [2.75, 3.05) is 13.7 Å². The van der Waals surface area contributed by atoms with Crippen LogP contribution in [0.2, 0.25) is 0 Å². The van der Waals surface area contributed by atoms with Gasteiger partial charge in [-0.25, -0.2) is 4.79 Å². The van der Waals surface area contributed by atoms with Gasteiger partial charge < -0.3 is 4.74 Å². The summed E-state index contributed by atoms with van der Waals surface area (Å²) in [4.78, 5) is 10.1. The second-order valence-electron chi connectivity index (χ2n) is 1.76. The van der Waals surface area contributed by atoms with Crippen molar-refractivity contribution in [3.63, 3.8) is 0 Å². The van der Waals surface area contributed by atoms with Gasteiger partial charge in [0.15, 0.2) is 4.91 Å². The fourth-order valence-corrected chi connectivity index (χ4v) is 0.878. The molecule has 0 aromatic rings. The Balaban J connectivity index is 4.52. The van der Waals surface area contributed by atoms with Gasteiger partial charge in [0.25, 0.3) is 0 Å². The molecule has 0 rings (SSSR count). The van der Waals surface area contributed by atoms with Crippen LogP contribution in [0.1, 0.15) is 6.92 Å². The zero-order valence-electron chi connectivity index (χ0n) is 6.86. The van der Waals surface area contributed by atoms with Crippen LogP contribution in [-0.4, -0.2) is 28.1 Å². The topological polar surface area (TPSA) is 69.7 Å². The number of carbonyl (C=O) groups is 1. The highest BCUT2D eigenvalue weighted by Gasteiger charge is 2.23. The minimum Gasteiger partial charge on any atom is -0.462 e. The lowest BCUT2D eigenvalue weighted by Gasteiger charge is -2.03. The monoisotopic (exact) mass is 194 g/mol. The van der Waals surface area contributed by atoms with Gasteiger partial charge in [-0.2, -0.15) is 8.42 Å². The van der Waals surface area contributed by atoms with Crippen LogP contribution in [-0.2, 0) is 23.8 Å². The molecule has 0 aliphatic carbocycles. The Morgan fingerprint density at radius 2 is 2.00 bits per heavy atom. The molecule has 0 saturated heterocycles. The smallest absolute Gasteiger partial charge is 0.351 e. The van der Waals surface area contributed by atoms with Crippen LogP contribution in [0.4, 0.5) is 0 Å². The van der Waals surface area contributed by atoms with Crippen molar-refractivity contribution >= 4 is 16.1 Å². The molecule has 0 aliphatic heterocycles. The lowest BCUT2D eigenvalue weighted by Crippen LogP contribution is -2.16. The summed E-state index contributed by atoms with van der Waals surface area (Å²) in [6, 6.07) is 0. The number of rotatable bonds is 4. The van der Waals surface area contributed by atoms with E-state index in [2.05, 4.69) is 15.5 Å². The molecule has 0 aliphatic rings. The standard InChI is InChI=1S/C6H10O5S/c1-4-11-6(7)5(2)12(8,9)10-3/h2,4H2,1,3H3. The molecule has 5 nitrogen and oxygen atoms in total. The quantitative estimate of drug-likeness (QED) is 0.359. The summed E-state index contributed by atoms with van der Waals surface area (Å²) in [6.07, 6.45) is 0. The van der Waals surface area contributed by atoms with Crippen molar-refractivity contribution in [1.29, 1.82) is 0 Å². The van der Waals surface area contributed by atoms with E-state index in [1.54, 1.807) is 6.92 Å². The predicted molar refractivity (Wildman–Crippen MR) is 41.7 cm³/mol. The maximum atomic E-state index is 10.8. The van der Waals surface area contributed by atoms with Crippen molar-refractivity contribution < 1.29 is 22.1 Å². The van der Waals surface area contributed by atoms with Crippen molar-refractivity contribution in [2.45, 2.75) is 6.92 Å². The molecule has 0 bridgehead atoms. The summed E-state index contributed by atoms with van der Waals surface area (Å²) in [5.41, 5.74) is 0. The minimum absolute atomic E-state index is 0.0943. The first-order valence-corrected chi connectivity index (χ1v) is 4.53. The molecule has 70 valence electrons. The molecule has 0 heterocycles. The van der Waals surface area contributed by atoms with Gasteiger partial charge in [-0.1, -0.05) is 6.58 Å². The van der Waals surface area contributed by atoms with E-state index in [1.807, 2.05) is 0 Å². The Labute approximate surface area is 71.1 Å². The van der Waals surface area contributed by atoms with E-state index >= 15 is 0 Å². The van der Waals surface area contributed by atoms with E-state index in [4.69, 9.17) is 0 Å². The summed E-state index contributed by atoms with van der Waals surface area (Å²) in [5, 5.41) is 0. The molecule has 0 radical (unpaired) electrons. The van der Waals surface area contributed by atoms with Crippen LogP contribution in [0.15, 0.2) is 11.5 Å². The fraction of sp³-hybridized carbons (Fsp3) is 0.500. The second-order valence-corrected chi connectivity index (χ2v) is 3.50. The first-order valence-electron chi connectivity index (χ1n) is 3.12. The number of hydrogen-bond donors (Lipinski definition) is 0. The number of ether oxygens (including phenoxy) is 1. The van der Waals surface area contributed by atoms with Gasteiger partial charge in [-0.05, 0) is 6.92 Å². The molecule has 0 N–H and O–H groups in total. The second kappa shape index (κ2) is 4.22. The van der Waals surface area contributed by atoms with Crippen LogP contribution in [0, 0.1) is 0 Å². The summed E-state index contributed by atoms with van der Waals surface area (Å²) in [7, 11) is -3.04. The Kier molecular flexibility index (Phi) is 3.91. The zero-order chi connectivity index (χ0) is 9.78. The van der Waals surface area contributed by atoms with Gasteiger partial charge in [0.05, 0.1) is 13.7 Å². The molecule has 0 aromatic heterocycles. The number of hydrogen-bond acceptors (Lipinski definition) is 5. The van der Waals surface area contributed by atoms with E-state index in [0.29, 0.717) is 0 Å². The van der Waals surface area contributed by atoms with Crippen molar-refractivity contribution in [2.24, 2.45) is 0 Å². The Morgan fingerprint density at radius 3 is 2.33 bits per heavy atom.